The number of rotatable bonds is 20. The molecule has 0 spiro atoms. The molecule has 0 N–H and O–H groups in total. The molecule has 12 rings (SSSR count). The summed E-state index contributed by atoms with van der Waals surface area (Å²) in [7, 11) is 3.46. The first-order chi connectivity index (χ1) is 38.3. The normalized spacial score (nSPS) is 16.6. The van der Waals surface area contributed by atoms with Gasteiger partial charge in [0.05, 0.1) is 14.2 Å². The van der Waals surface area contributed by atoms with Crippen molar-refractivity contribution >= 4 is 80.5 Å². The number of hydrogen-bond donors (Lipinski definition) is 0. The maximum absolute atomic E-state index is 17.1. The van der Waals surface area contributed by atoms with Crippen molar-refractivity contribution in [2.24, 2.45) is 0 Å². The molecule has 8 aromatic rings. The Morgan fingerprint density at radius 3 is 1.18 bits per heavy atom. The number of carbonyl (C=O) groups excluding carboxylic acids is 1. The zero-order valence-electron chi connectivity index (χ0n) is 44.9. The number of ketones is 1. The standard InChI is InChI=1S/C65H68Br2N4O5S2/c1-73-53-23-25-55-59(57(53)45-11-13-47(51(66)39-45)41-70-31-7-8-32-70)61(64(77-55)43-15-19-49(20-16-43)75-37-35-68-27-3-4-28-68)63(72)62-60-56(78-65(62)44-17-21-50(22-18-44)76-38-36-69-29-5-6-30-69)26-24-54(74-2)58(60)46-12-14-48(52(67)40-46)42-71-33-9-10-34-71/h11-26,39-40H,3-10,27-38,41-42H2,1-2H3. The molecule has 4 aliphatic heterocycles. The van der Waals surface area contributed by atoms with Gasteiger partial charge in [-0.25, -0.2) is 0 Å². The van der Waals surface area contributed by atoms with E-state index in [9.17, 15) is 0 Å². The van der Waals surface area contributed by atoms with Crippen molar-refractivity contribution in [1.29, 1.82) is 0 Å². The fraction of sp³-hybridized carbons (Fsp3) is 0.369. The summed E-state index contributed by atoms with van der Waals surface area (Å²) >= 11 is 11.4. The predicted molar refractivity (Wildman–Crippen MR) is 329 cm³/mol. The second-order valence-electron chi connectivity index (χ2n) is 21.4. The molecule has 4 aliphatic rings. The zero-order chi connectivity index (χ0) is 53.1. The molecule has 4 fully saturated rings. The molecule has 0 radical (unpaired) electrons. The van der Waals surface area contributed by atoms with Crippen LogP contribution in [0, 0.1) is 0 Å². The van der Waals surface area contributed by atoms with Crippen LogP contribution in [-0.4, -0.2) is 118 Å². The van der Waals surface area contributed by atoms with Gasteiger partial charge in [-0.3, -0.25) is 24.4 Å². The van der Waals surface area contributed by atoms with Crippen molar-refractivity contribution in [3.63, 3.8) is 0 Å². The highest BCUT2D eigenvalue weighted by molar-refractivity contribution is 9.10. The van der Waals surface area contributed by atoms with Crippen LogP contribution in [0.15, 0.2) is 118 Å². The molecular weight excluding hydrogens is 1140 g/mol. The number of benzene rings is 6. The monoisotopic (exact) mass is 1210 g/mol. The fourth-order valence-electron chi connectivity index (χ4n) is 12.3. The van der Waals surface area contributed by atoms with Crippen LogP contribution in [0.25, 0.3) is 63.3 Å². The number of halogens is 2. The third-order valence-electron chi connectivity index (χ3n) is 16.4. The Morgan fingerprint density at radius 2 is 0.821 bits per heavy atom. The van der Waals surface area contributed by atoms with Gasteiger partial charge in [0.15, 0.2) is 5.78 Å². The lowest BCUT2D eigenvalue weighted by Crippen LogP contribution is -2.25. The molecular formula is C65H68Br2N4O5S2. The minimum absolute atomic E-state index is 0.0622. The van der Waals surface area contributed by atoms with Crippen molar-refractivity contribution in [2.75, 3.05) is 92.9 Å². The molecule has 6 aromatic carbocycles. The highest BCUT2D eigenvalue weighted by atomic mass is 79.9. The van der Waals surface area contributed by atoms with Gasteiger partial charge in [-0.15, -0.1) is 22.7 Å². The third kappa shape index (κ3) is 11.3. The number of thiophene rings is 2. The fourth-order valence-corrected chi connectivity index (χ4v) is 15.7. The van der Waals surface area contributed by atoms with E-state index in [-0.39, 0.29) is 5.78 Å². The Balaban J connectivity index is 1.04. The molecule has 404 valence electrons. The number of nitrogens with zero attached hydrogens (tertiary/aromatic N) is 4. The Morgan fingerprint density at radius 1 is 0.462 bits per heavy atom. The van der Waals surface area contributed by atoms with Crippen LogP contribution in [-0.2, 0) is 13.1 Å². The summed E-state index contributed by atoms with van der Waals surface area (Å²) in [5.74, 6) is 2.99. The summed E-state index contributed by atoms with van der Waals surface area (Å²) in [6.45, 7) is 13.8. The lowest BCUT2D eigenvalue weighted by molar-refractivity contribution is 0.104. The minimum atomic E-state index is -0.0622. The van der Waals surface area contributed by atoms with Crippen molar-refractivity contribution in [1.82, 2.24) is 19.6 Å². The molecule has 6 heterocycles. The van der Waals surface area contributed by atoms with E-state index >= 15 is 4.79 Å². The maximum atomic E-state index is 17.1. The quantitative estimate of drug-likeness (QED) is 0.0694. The van der Waals surface area contributed by atoms with Gasteiger partial charge in [0.25, 0.3) is 0 Å². The highest BCUT2D eigenvalue weighted by Gasteiger charge is 2.33. The number of carbonyl (C=O) groups is 1. The Bertz CT molecular complexity index is 3200. The molecule has 0 unspecified atom stereocenters. The van der Waals surface area contributed by atoms with E-state index in [1.807, 2.05) is 0 Å². The van der Waals surface area contributed by atoms with Crippen LogP contribution >= 0.6 is 54.5 Å². The molecule has 13 heteroatoms. The van der Waals surface area contributed by atoms with Crippen LogP contribution in [0.1, 0.15) is 78.4 Å². The number of hydrogen-bond acceptors (Lipinski definition) is 11. The van der Waals surface area contributed by atoms with Crippen molar-refractivity contribution in [3.8, 4) is 66.1 Å². The van der Waals surface area contributed by atoms with E-state index in [4.69, 9.17) is 18.9 Å². The maximum Gasteiger partial charge on any atom is 0.197 e. The summed E-state index contributed by atoms with van der Waals surface area (Å²) < 4.78 is 29.5. The smallest absolute Gasteiger partial charge is 0.197 e. The summed E-state index contributed by atoms with van der Waals surface area (Å²) in [4.78, 5) is 28.9. The van der Waals surface area contributed by atoms with Gasteiger partial charge < -0.3 is 18.9 Å². The molecule has 78 heavy (non-hydrogen) atoms. The summed E-state index contributed by atoms with van der Waals surface area (Å²) in [5, 5.41) is 1.74. The number of likely N-dealkylation sites (tertiary alicyclic amines) is 4. The number of ether oxygens (including phenoxy) is 4. The Labute approximate surface area is 484 Å². The highest BCUT2D eigenvalue weighted by Crippen LogP contribution is 2.53. The van der Waals surface area contributed by atoms with Crippen LogP contribution in [0.4, 0.5) is 0 Å². The average Bonchev–Trinajstić information content (AvgIpc) is 4.46. The van der Waals surface area contributed by atoms with Gasteiger partial charge in [0.2, 0.25) is 0 Å². The SMILES string of the molecule is COc1ccc2sc(-c3ccc(OCCN4CCCC4)cc3)c(C(=O)c3c(-c4ccc(OCCN5CCCC5)cc4)sc4ccc(OC)c(-c5ccc(CN6CCCC6)c(Br)c5)c34)c2c1-c1ccc(CN2CCCC2)c(Br)c1. The number of fused-ring (bicyclic) bond motifs is 2. The van der Waals surface area contributed by atoms with Gasteiger partial charge in [-0.2, -0.15) is 0 Å². The first-order valence-corrected chi connectivity index (χ1v) is 31.3. The van der Waals surface area contributed by atoms with Crippen molar-refractivity contribution in [3.05, 3.63) is 140 Å². The first kappa shape index (κ1) is 53.5. The molecule has 0 atom stereocenters. The molecule has 0 saturated carbocycles. The topological polar surface area (TPSA) is 67.0 Å². The van der Waals surface area contributed by atoms with Gasteiger partial charge in [0, 0.05) is 87.3 Å². The predicted octanol–water partition coefficient (Wildman–Crippen LogP) is 15.7. The summed E-state index contributed by atoms with van der Waals surface area (Å²) in [6, 6.07) is 38.4. The van der Waals surface area contributed by atoms with Gasteiger partial charge >= 0.3 is 0 Å². The summed E-state index contributed by atoms with van der Waals surface area (Å²) in [6.07, 6.45) is 9.94. The molecule has 2 aromatic heterocycles. The molecule has 0 amide bonds. The Kier molecular flexibility index (Phi) is 16.7. The number of methoxy groups -OCH3 is 2. The van der Waals surface area contributed by atoms with Gasteiger partial charge in [-0.05, 0) is 222 Å². The van der Waals surface area contributed by atoms with E-state index < -0.39 is 0 Å². The second-order valence-corrected chi connectivity index (χ2v) is 25.2. The molecule has 0 bridgehead atoms. The van der Waals surface area contributed by atoms with Crippen LogP contribution < -0.4 is 18.9 Å². The van der Waals surface area contributed by atoms with Crippen LogP contribution in [0.3, 0.4) is 0 Å². The van der Waals surface area contributed by atoms with Crippen molar-refractivity contribution < 1.29 is 23.7 Å². The van der Waals surface area contributed by atoms with Gasteiger partial charge in [0.1, 0.15) is 36.2 Å². The average molecular weight is 1210 g/mol. The molecule has 4 saturated heterocycles. The largest absolute Gasteiger partial charge is 0.496 e. The van der Waals surface area contributed by atoms with Crippen molar-refractivity contribution in [2.45, 2.75) is 64.5 Å². The first-order valence-electron chi connectivity index (χ1n) is 28.1. The lowest BCUT2D eigenvalue weighted by atomic mass is 9.88. The lowest BCUT2D eigenvalue weighted by Gasteiger charge is -2.18. The third-order valence-corrected chi connectivity index (χ3v) is 20.3. The Hall–Kier alpha value is -5.09. The molecule has 9 nitrogen and oxygen atoms in total. The van der Waals surface area contributed by atoms with E-state index in [2.05, 4.69) is 161 Å². The minimum Gasteiger partial charge on any atom is -0.496 e. The van der Waals surface area contributed by atoms with Gasteiger partial charge in [-0.1, -0.05) is 56.1 Å². The van der Waals surface area contributed by atoms with E-state index in [1.165, 1.54) is 62.5 Å². The molecule has 0 aliphatic carbocycles. The zero-order valence-corrected chi connectivity index (χ0v) is 49.7. The van der Waals surface area contributed by atoms with Crippen LogP contribution in [0.5, 0.6) is 23.0 Å². The summed E-state index contributed by atoms with van der Waals surface area (Å²) in [5.41, 5.74) is 9.41. The van der Waals surface area contributed by atoms with E-state index in [0.29, 0.717) is 35.8 Å². The van der Waals surface area contributed by atoms with Crippen LogP contribution in [0.2, 0.25) is 0 Å². The van der Waals surface area contributed by atoms with E-state index in [1.54, 1.807) is 36.9 Å². The van der Waals surface area contributed by atoms with E-state index in [0.717, 1.165) is 162 Å². The second kappa shape index (κ2) is 24.3.